The standard InChI is InChI=1S/C14H8F2N2O2S2/c15-5-1-7(21-3-5)11-9-10(14(20)17-11)12(18-13(9)19)8-2-6(16)4-22-8/h1,3-4,8,17,20H,2H2. The summed E-state index contributed by atoms with van der Waals surface area (Å²) in [5.41, 5.74) is 1.24. The van der Waals surface area contributed by atoms with Gasteiger partial charge < -0.3 is 10.1 Å². The number of carbonyl (C=O) groups excluding carboxylic acids is 1. The van der Waals surface area contributed by atoms with Gasteiger partial charge >= 0.3 is 0 Å². The van der Waals surface area contributed by atoms with Gasteiger partial charge in [0.15, 0.2) is 5.88 Å². The molecule has 2 aromatic rings. The van der Waals surface area contributed by atoms with Crippen LogP contribution in [0.15, 0.2) is 27.7 Å². The van der Waals surface area contributed by atoms with Crippen LogP contribution < -0.4 is 0 Å². The second-order valence-electron chi connectivity index (χ2n) is 4.92. The summed E-state index contributed by atoms with van der Waals surface area (Å²) in [5, 5.41) is 12.5. The molecule has 0 aromatic carbocycles. The third kappa shape index (κ3) is 1.94. The van der Waals surface area contributed by atoms with Crippen LogP contribution in [0.2, 0.25) is 0 Å². The summed E-state index contributed by atoms with van der Waals surface area (Å²) in [6.07, 6.45) is 0.143. The first kappa shape index (κ1) is 13.7. The Hall–Kier alpha value is -1.93. The number of hydrogen-bond donors (Lipinski definition) is 2. The highest BCUT2D eigenvalue weighted by Gasteiger charge is 2.38. The highest BCUT2D eigenvalue weighted by atomic mass is 32.2. The highest BCUT2D eigenvalue weighted by Crippen LogP contribution is 2.43. The first-order chi connectivity index (χ1) is 10.5. The molecule has 8 heteroatoms. The summed E-state index contributed by atoms with van der Waals surface area (Å²) < 4.78 is 26.5. The third-order valence-electron chi connectivity index (χ3n) is 3.53. The highest BCUT2D eigenvalue weighted by molar-refractivity contribution is 8.03. The van der Waals surface area contributed by atoms with Gasteiger partial charge in [0.1, 0.15) is 11.6 Å². The number of nitrogens with one attached hydrogen (secondary N) is 1. The molecular formula is C14H8F2N2O2S2. The summed E-state index contributed by atoms with van der Waals surface area (Å²) in [5.74, 6) is -1.38. The van der Waals surface area contributed by atoms with E-state index in [0.29, 0.717) is 21.8 Å². The van der Waals surface area contributed by atoms with E-state index in [9.17, 15) is 18.7 Å². The van der Waals surface area contributed by atoms with Gasteiger partial charge in [-0.15, -0.1) is 23.1 Å². The molecule has 2 aliphatic heterocycles. The second kappa shape index (κ2) is 4.79. The van der Waals surface area contributed by atoms with Crippen molar-refractivity contribution >= 4 is 34.7 Å². The number of amides is 1. The first-order valence-electron chi connectivity index (χ1n) is 6.37. The molecule has 0 fully saturated rings. The Bertz CT molecular complexity index is 866. The summed E-state index contributed by atoms with van der Waals surface area (Å²) >= 11 is 2.35. The Kier molecular flexibility index (Phi) is 2.98. The van der Waals surface area contributed by atoms with Gasteiger partial charge in [0.2, 0.25) is 0 Å². The molecule has 2 aromatic heterocycles. The smallest absolute Gasteiger partial charge is 0.280 e. The van der Waals surface area contributed by atoms with Gasteiger partial charge in [-0.2, -0.15) is 0 Å². The molecule has 0 saturated carbocycles. The minimum atomic E-state index is -0.502. The maximum absolute atomic E-state index is 13.3. The number of aromatic nitrogens is 1. The summed E-state index contributed by atoms with van der Waals surface area (Å²) in [7, 11) is 0. The zero-order valence-corrected chi connectivity index (χ0v) is 12.5. The summed E-state index contributed by atoms with van der Waals surface area (Å²) in [6, 6.07) is 1.28. The summed E-state index contributed by atoms with van der Waals surface area (Å²) in [6.45, 7) is 0. The van der Waals surface area contributed by atoms with Crippen molar-refractivity contribution in [3.05, 3.63) is 39.6 Å². The number of H-pyrrole nitrogens is 1. The largest absolute Gasteiger partial charge is 0.494 e. The quantitative estimate of drug-likeness (QED) is 0.874. The van der Waals surface area contributed by atoms with Crippen LogP contribution in [0.5, 0.6) is 5.88 Å². The van der Waals surface area contributed by atoms with Crippen LogP contribution >= 0.6 is 23.1 Å². The molecule has 0 radical (unpaired) electrons. The molecule has 4 heterocycles. The average molecular weight is 338 g/mol. The van der Waals surface area contributed by atoms with Gasteiger partial charge in [-0.05, 0) is 6.07 Å². The molecular weight excluding hydrogens is 330 g/mol. The molecule has 4 nitrogen and oxygen atoms in total. The van der Waals surface area contributed by atoms with E-state index in [4.69, 9.17) is 0 Å². The number of halogens is 2. The van der Waals surface area contributed by atoms with Crippen LogP contribution in [-0.4, -0.2) is 27.0 Å². The number of aromatic amines is 1. The van der Waals surface area contributed by atoms with E-state index in [-0.39, 0.29) is 28.9 Å². The van der Waals surface area contributed by atoms with Crippen LogP contribution in [0.3, 0.4) is 0 Å². The van der Waals surface area contributed by atoms with E-state index in [2.05, 4.69) is 9.98 Å². The van der Waals surface area contributed by atoms with Crippen LogP contribution in [0, 0.1) is 5.82 Å². The SMILES string of the molecule is O=C1N=C(C2CC(F)=CS2)c2c(O)[nH]c(-c3cc(F)cs3)c21. The number of thiophene rings is 1. The van der Waals surface area contributed by atoms with Gasteiger partial charge in [0.05, 0.1) is 32.7 Å². The van der Waals surface area contributed by atoms with E-state index in [1.54, 1.807) is 0 Å². The Morgan fingerprint density at radius 3 is 2.82 bits per heavy atom. The molecule has 2 N–H and O–H groups in total. The molecule has 0 saturated heterocycles. The van der Waals surface area contributed by atoms with Crippen LogP contribution in [0.25, 0.3) is 10.6 Å². The number of rotatable bonds is 2. The first-order valence-corrected chi connectivity index (χ1v) is 8.19. The molecule has 0 bridgehead atoms. The van der Waals surface area contributed by atoms with Gasteiger partial charge in [0, 0.05) is 17.2 Å². The van der Waals surface area contributed by atoms with Crippen LogP contribution in [0.4, 0.5) is 8.78 Å². The zero-order chi connectivity index (χ0) is 15.4. The van der Waals surface area contributed by atoms with Gasteiger partial charge in [0.25, 0.3) is 5.91 Å². The lowest BCUT2D eigenvalue weighted by molar-refractivity contribution is 0.101. The molecule has 2 aliphatic rings. The van der Waals surface area contributed by atoms with E-state index in [1.165, 1.54) is 28.6 Å². The predicted octanol–water partition coefficient (Wildman–Crippen LogP) is 3.85. The normalized spacial score (nSPS) is 20.3. The number of fused-ring (bicyclic) bond motifs is 1. The number of allylic oxidation sites excluding steroid dienone is 1. The van der Waals surface area contributed by atoms with Gasteiger partial charge in [-0.1, -0.05) is 0 Å². The van der Waals surface area contributed by atoms with E-state index in [1.807, 2.05) is 0 Å². The molecule has 0 aliphatic carbocycles. The van der Waals surface area contributed by atoms with Crippen molar-refractivity contribution in [1.82, 2.24) is 4.98 Å². The fourth-order valence-corrected chi connectivity index (χ4v) is 4.35. The number of nitrogens with zero attached hydrogens (tertiary/aromatic N) is 1. The lowest BCUT2D eigenvalue weighted by atomic mass is 10.0. The fraction of sp³-hybridized carbons (Fsp3) is 0.143. The van der Waals surface area contributed by atoms with E-state index in [0.717, 1.165) is 11.3 Å². The Balaban J connectivity index is 1.81. The van der Waals surface area contributed by atoms with Crippen molar-refractivity contribution in [3.63, 3.8) is 0 Å². The van der Waals surface area contributed by atoms with Gasteiger partial charge in [-0.25, -0.2) is 13.8 Å². The van der Waals surface area contributed by atoms with Crippen molar-refractivity contribution in [2.24, 2.45) is 4.99 Å². The molecule has 1 unspecified atom stereocenters. The van der Waals surface area contributed by atoms with Gasteiger partial charge in [-0.3, -0.25) is 4.79 Å². The molecule has 4 rings (SSSR count). The molecule has 1 amide bonds. The zero-order valence-electron chi connectivity index (χ0n) is 10.9. The van der Waals surface area contributed by atoms with E-state index >= 15 is 0 Å². The van der Waals surface area contributed by atoms with Crippen molar-refractivity contribution in [2.45, 2.75) is 11.7 Å². The Labute approximate surface area is 131 Å². The van der Waals surface area contributed by atoms with Crippen molar-refractivity contribution in [1.29, 1.82) is 0 Å². The summed E-state index contributed by atoms with van der Waals surface area (Å²) in [4.78, 5) is 19.4. The second-order valence-corrected chi connectivity index (χ2v) is 6.91. The monoisotopic (exact) mass is 338 g/mol. The number of aliphatic imine (C=N–C) groups is 1. The maximum atomic E-state index is 13.3. The molecule has 112 valence electrons. The average Bonchev–Trinajstić information content (AvgIpc) is 3.19. The van der Waals surface area contributed by atoms with Crippen molar-refractivity contribution < 1.29 is 18.7 Å². The van der Waals surface area contributed by atoms with Crippen molar-refractivity contribution in [3.8, 4) is 16.5 Å². The van der Waals surface area contributed by atoms with E-state index < -0.39 is 11.7 Å². The molecule has 22 heavy (non-hydrogen) atoms. The maximum Gasteiger partial charge on any atom is 0.280 e. The van der Waals surface area contributed by atoms with Crippen LogP contribution in [0.1, 0.15) is 22.3 Å². The minimum absolute atomic E-state index is 0.143. The number of carbonyl (C=O) groups is 1. The number of aromatic hydroxyl groups is 1. The Morgan fingerprint density at radius 1 is 1.36 bits per heavy atom. The van der Waals surface area contributed by atoms with Crippen molar-refractivity contribution in [2.75, 3.05) is 0 Å². The third-order valence-corrected chi connectivity index (χ3v) is 5.56. The minimum Gasteiger partial charge on any atom is -0.494 e. The van der Waals surface area contributed by atoms with Crippen LogP contribution in [-0.2, 0) is 0 Å². The topological polar surface area (TPSA) is 65.4 Å². The molecule has 1 atom stereocenters. The Morgan fingerprint density at radius 2 is 2.18 bits per heavy atom. The lowest BCUT2D eigenvalue weighted by Gasteiger charge is -2.07. The fourth-order valence-electron chi connectivity index (χ4n) is 2.62. The molecule has 0 spiro atoms. The lowest BCUT2D eigenvalue weighted by Crippen LogP contribution is -2.14. The predicted molar refractivity (Wildman–Crippen MR) is 81.8 cm³/mol. The number of hydrogen-bond acceptors (Lipinski definition) is 4. The number of thioether (sulfide) groups is 1.